The average molecular weight is 333 g/mol. The van der Waals surface area contributed by atoms with Crippen LogP contribution in [0.4, 0.5) is 0 Å². The Labute approximate surface area is 126 Å². The van der Waals surface area contributed by atoms with Crippen LogP contribution in [-0.2, 0) is 11.9 Å². The quantitative estimate of drug-likeness (QED) is 0.787. The number of rotatable bonds is 5. The molecule has 4 nitrogen and oxygen atoms in total. The molecule has 0 radical (unpaired) electrons. The number of methoxy groups -OCH3 is 1. The van der Waals surface area contributed by atoms with Crippen molar-refractivity contribution >= 4 is 15.9 Å². The molecule has 5 heteroatoms. The third-order valence-corrected chi connectivity index (χ3v) is 3.31. The van der Waals surface area contributed by atoms with Gasteiger partial charge in [-0.2, -0.15) is 5.26 Å². The zero-order valence-corrected chi connectivity index (χ0v) is 12.6. The summed E-state index contributed by atoms with van der Waals surface area (Å²) in [7, 11) is 1.59. The molecular formula is C15H13BrN2O2. The van der Waals surface area contributed by atoms with E-state index in [0.717, 1.165) is 11.3 Å². The van der Waals surface area contributed by atoms with Crippen LogP contribution < -0.4 is 9.47 Å². The number of benzene rings is 1. The van der Waals surface area contributed by atoms with Gasteiger partial charge in [0.2, 0.25) is 0 Å². The molecule has 2 aromatic rings. The van der Waals surface area contributed by atoms with Crippen molar-refractivity contribution in [3.63, 3.8) is 0 Å². The summed E-state index contributed by atoms with van der Waals surface area (Å²) in [6.45, 7) is 0.327. The van der Waals surface area contributed by atoms with E-state index in [2.05, 4.69) is 27.0 Å². The molecular weight excluding hydrogens is 320 g/mol. The van der Waals surface area contributed by atoms with Crippen LogP contribution in [0.15, 0.2) is 36.5 Å². The molecule has 1 aromatic heterocycles. The summed E-state index contributed by atoms with van der Waals surface area (Å²) in [5, 5.41) is 9.64. The van der Waals surface area contributed by atoms with Crippen LogP contribution in [0.5, 0.6) is 11.5 Å². The van der Waals surface area contributed by atoms with Gasteiger partial charge in [0.25, 0.3) is 0 Å². The Morgan fingerprint density at radius 1 is 1.30 bits per heavy atom. The lowest BCUT2D eigenvalue weighted by atomic mass is 10.1. The lowest BCUT2D eigenvalue weighted by Crippen LogP contribution is -2.00. The van der Waals surface area contributed by atoms with Gasteiger partial charge in [0.05, 0.1) is 30.6 Å². The molecule has 2 rings (SSSR count). The molecule has 0 aliphatic carbocycles. The predicted octanol–water partition coefficient (Wildman–Crippen LogP) is 3.44. The fourth-order valence-corrected chi connectivity index (χ4v) is 2.03. The molecule has 20 heavy (non-hydrogen) atoms. The van der Waals surface area contributed by atoms with Crippen LogP contribution in [0.25, 0.3) is 0 Å². The summed E-state index contributed by atoms with van der Waals surface area (Å²) < 4.78 is 10.9. The number of hydrogen-bond donors (Lipinski definition) is 0. The van der Waals surface area contributed by atoms with Crippen molar-refractivity contribution in [1.29, 1.82) is 5.26 Å². The molecule has 102 valence electrons. The molecule has 1 heterocycles. The van der Waals surface area contributed by atoms with Gasteiger partial charge in [0.1, 0.15) is 18.1 Å². The number of nitriles is 1. The second-order valence-corrected chi connectivity index (χ2v) is 4.61. The average Bonchev–Trinajstić information content (AvgIpc) is 2.53. The third-order valence-electron chi connectivity index (χ3n) is 2.74. The van der Waals surface area contributed by atoms with E-state index in [4.69, 9.17) is 14.7 Å². The van der Waals surface area contributed by atoms with E-state index in [0.29, 0.717) is 29.0 Å². The van der Waals surface area contributed by atoms with Crippen LogP contribution >= 0.6 is 15.9 Å². The standard InChI is InChI=1S/C15H13BrN2O2/c1-19-15-5-2-11(8-17)6-12(15)10-20-14-4-3-13(7-16)18-9-14/h2-6,9H,7,10H2,1H3. The smallest absolute Gasteiger partial charge is 0.138 e. The summed E-state index contributed by atoms with van der Waals surface area (Å²) in [5.41, 5.74) is 2.36. The summed E-state index contributed by atoms with van der Waals surface area (Å²) >= 11 is 3.34. The fraction of sp³-hybridized carbons (Fsp3) is 0.200. The molecule has 1 aromatic carbocycles. The molecule has 0 unspecified atom stereocenters. The molecule has 0 aliphatic heterocycles. The van der Waals surface area contributed by atoms with Gasteiger partial charge >= 0.3 is 0 Å². The summed E-state index contributed by atoms with van der Waals surface area (Å²) in [4.78, 5) is 4.23. The Balaban J connectivity index is 2.11. The first-order valence-corrected chi connectivity index (χ1v) is 7.09. The molecule has 0 saturated heterocycles. The lowest BCUT2D eigenvalue weighted by Gasteiger charge is -2.10. The first-order valence-electron chi connectivity index (χ1n) is 5.97. The normalized spacial score (nSPS) is 9.85. The van der Waals surface area contributed by atoms with Gasteiger partial charge < -0.3 is 9.47 Å². The van der Waals surface area contributed by atoms with E-state index >= 15 is 0 Å². The molecule has 0 bridgehead atoms. The zero-order chi connectivity index (χ0) is 14.4. The van der Waals surface area contributed by atoms with Gasteiger partial charge in [-0.1, -0.05) is 15.9 Å². The summed E-state index contributed by atoms with van der Waals surface area (Å²) in [6.07, 6.45) is 1.68. The van der Waals surface area contributed by atoms with Gasteiger partial charge in [-0.15, -0.1) is 0 Å². The molecule has 0 amide bonds. The van der Waals surface area contributed by atoms with Gasteiger partial charge in [0.15, 0.2) is 0 Å². The number of ether oxygens (including phenoxy) is 2. The Morgan fingerprint density at radius 3 is 2.75 bits per heavy atom. The topological polar surface area (TPSA) is 55.1 Å². The molecule has 0 aliphatic rings. The SMILES string of the molecule is COc1ccc(C#N)cc1COc1ccc(CBr)nc1. The maximum absolute atomic E-state index is 8.92. The highest BCUT2D eigenvalue weighted by Gasteiger charge is 2.06. The van der Waals surface area contributed by atoms with E-state index in [9.17, 15) is 0 Å². The zero-order valence-electron chi connectivity index (χ0n) is 11.0. The number of nitrogens with zero attached hydrogens (tertiary/aromatic N) is 2. The van der Waals surface area contributed by atoms with Crippen molar-refractivity contribution in [2.24, 2.45) is 0 Å². The van der Waals surface area contributed by atoms with Gasteiger partial charge in [0, 0.05) is 10.9 Å². The Bertz CT molecular complexity index is 621. The second kappa shape index (κ2) is 6.92. The second-order valence-electron chi connectivity index (χ2n) is 4.05. The van der Waals surface area contributed by atoms with E-state index in [1.165, 1.54) is 0 Å². The summed E-state index contributed by atoms with van der Waals surface area (Å²) in [5.74, 6) is 1.38. The highest BCUT2D eigenvalue weighted by molar-refractivity contribution is 9.08. The number of alkyl halides is 1. The molecule has 0 spiro atoms. The first kappa shape index (κ1) is 14.4. The monoisotopic (exact) mass is 332 g/mol. The van der Waals surface area contributed by atoms with Crippen molar-refractivity contribution in [2.45, 2.75) is 11.9 Å². The van der Waals surface area contributed by atoms with Crippen molar-refractivity contribution in [1.82, 2.24) is 4.98 Å². The Morgan fingerprint density at radius 2 is 2.15 bits per heavy atom. The van der Waals surface area contributed by atoms with Gasteiger partial charge in [-0.05, 0) is 30.3 Å². The predicted molar refractivity (Wildman–Crippen MR) is 78.9 cm³/mol. The largest absolute Gasteiger partial charge is 0.496 e. The minimum atomic E-state index is 0.327. The fourth-order valence-electron chi connectivity index (χ4n) is 1.70. The van der Waals surface area contributed by atoms with Crippen LogP contribution in [-0.4, -0.2) is 12.1 Å². The number of aromatic nitrogens is 1. The molecule has 0 N–H and O–H groups in total. The van der Waals surface area contributed by atoms with Crippen molar-refractivity contribution in [3.05, 3.63) is 53.3 Å². The summed E-state index contributed by atoms with van der Waals surface area (Å²) in [6, 6.07) is 11.1. The van der Waals surface area contributed by atoms with E-state index < -0.39 is 0 Å². The molecule has 0 atom stereocenters. The van der Waals surface area contributed by atoms with Crippen LogP contribution in [0.3, 0.4) is 0 Å². The highest BCUT2D eigenvalue weighted by Crippen LogP contribution is 2.22. The maximum atomic E-state index is 8.92. The Hall–Kier alpha value is -2.06. The van der Waals surface area contributed by atoms with Gasteiger partial charge in [-0.3, -0.25) is 4.98 Å². The van der Waals surface area contributed by atoms with Crippen molar-refractivity contribution in [2.75, 3.05) is 7.11 Å². The maximum Gasteiger partial charge on any atom is 0.138 e. The number of pyridine rings is 1. The third kappa shape index (κ3) is 3.49. The minimum Gasteiger partial charge on any atom is -0.496 e. The van der Waals surface area contributed by atoms with Crippen LogP contribution in [0.1, 0.15) is 16.8 Å². The van der Waals surface area contributed by atoms with Crippen LogP contribution in [0, 0.1) is 11.3 Å². The highest BCUT2D eigenvalue weighted by atomic mass is 79.9. The van der Waals surface area contributed by atoms with Crippen LogP contribution in [0.2, 0.25) is 0 Å². The molecule has 0 saturated carbocycles. The van der Waals surface area contributed by atoms with Gasteiger partial charge in [-0.25, -0.2) is 0 Å². The lowest BCUT2D eigenvalue weighted by molar-refractivity contribution is 0.295. The van der Waals surface area contributed by atoms with E-state index in [1.807, 2.05) is 12.1 Å². The minimum absolute atomic E-state index is 0.327. The Kier molecular flexibility index (Phi) is 4.97. The van der Waals surface area contributed by atoms with Crippen molar-refractivity contribution < 1.29 is 9.47 Å². The van der Waals surface area contributed by atoms with Crippen molar-refractivity contribution in [3.8, 4) is 17.6 Å². The van der Waals surface area contributed by atoms with E-state index in [1.54, 1.807) is 31.5 Å². The number of hydrogen-bond acceptors (Lipinski definition) is 4. The number of halogens is 1. The van der Waals surface area contributed by atoms with E-state index in [-0.39, 0.29) is 0 Å². The molecule has 0 fully saturated rings. The first-order chi connectivity index (χ1) is 9.76.